The molecule has 4 nitrogen and oxygen atoms in total. The molecule has 0 aliphatic heterocycles. The van der Waals surface area contributed by atoms with Crippen LogP contribution in [0.5, 0.6) is 11.5 Å². The first-order chi connectivity index (χ1) is 10.3. The normalized spacial score (nSPS) is 13.8. The summed E-state index contributed by atoms with van der Waals surface area (Å²) in [6.07, 6.45) is 2.29. The quantitative estimate of drug-likeness (QED) is 0.838. The van der Waals surface area contributed by atoms with E-state index in [2.05, 4.69) is 11.1 Å². The molecule has 1 fully saturated rings. The van der Waals surface area contributed by atoms with Gasteiger partial charge in [0.15, 0.2) is 11.5 Å². The van der Waals surface area contributed by atoms with Crippen LogP contribution in [0.3, 0.4) is 0 Å². The molecular weight excluding hydrogens is 284 g/mol. The van der Waals surface area contributed by atoms with Crippen LogP contribution in [0.4, 0.5) is 0 Å². The third kappa shape index (κ3) is 2.72. The van der Waals surface area contributed by atoms with E-state index in [4.69, 9.17) is 9.47 Å². The summed E-state index contributed by atoms with van der Waals surface area (Å²) < 4.78 is 10.9. The number of ether oxygens (including phenoxy) is 2. The van der Waals surface area contributed by atoms with E-state index < -0.39 is 0 Å². The van der Waals surface area contributed by atoms with Crippen molar-refractivity contribution in [3.05, 3.63) is 28.8 Å². The Morgan fingerprint density at radius 1 is 1.38 bits per heavy atom. The van der Waals surface area contributed by atoms with Crippen LogP contribution in [0.15, 0.2) is 18.2 Å². The molecule has 3 rings (SSSR count). The average Bonchev–Trinajstić information content (AvgIpc) is 3.27. The molecule has 1 aromatic heterocycles. The second-order valence-corrected chi connectivity index (χ2v) is 5.92. The van der Waals surface area contributed by atoms with E-state index in [1.807, 2.05) is 25.1 Å². The summed E-state index contributed by atoms with van der Waals surface area (Å²) in [6.45, 7) is 2.53. The van der Waals surface area contributed by atoms with Crippen LogP contribution < -0.4 is 9.47 Å². The lowest BCUT2D eigenvalue weighted by Gasteiger charge is -2.09. The van der Waals surface area contributed by atoms with Gasteiger partial charge in [-0.3, -0.25) is 0 Å². The van der Waals surface area contributed by atoms with Crippen molar-refractivity contribution in [2.24, 2.45) is 0 Å². The number of thiazole rings is 1. The van der Waals surface area contributed by atoms with Crippen LogP contribution in [0.1, 0.15) is 36.3 Å². The van der Waals surface area contributed by atoms with Gasteiger partial charge in [0.25, 0.3) is 0 Å². The molecule has 0 radical (unpaired) electrons. The Morgan fingerprint density at radius 3 is 2.81 bits per heavy atom. The summed E-state index contributed by atoms with van der Waals surface area (Å²) >= 11 is 1.45. The fourth-order valence-corrected chi connectivity index (χ4v) is 3.19. The van der Waals surface area contributed by atoms with Gasteiger partial charge in [-0.05, 0) is 38.0 Å². The zero-order valence-electron chi connectivity index (χ0n) is 12.0. The fourth-order valence-electron chi connectivity index (χ4n) is 2.24. The maximum atomic E-state index is 9.25. The fraction of sp³-hybridized carbons (Fsp3) is 0.375. The molecule has 21 heavy (non-hydrogen) atoms. The Hall–Kier alpha value is -2.06. The van der Waals surface area contributed by atoms with Crippen molar-refractivity contribution in [1.29, 1.82) is 5.26 Å². The first-order valence-electron chi connectivity index (χ1n) is 6.98. The topological polar surface area (TPSA) is 55.1 Å². The molecule has 0 atom stereocenters. The number of rotatable bonds is 5. The second kappa shape index (κ2) is 5.74. The molecule has 0 spiro atoms. The van der Waals surface area contributed by atoms with Gasteiger partial charge in [-0.2, -0.15) is 5.26 Å². The molecule has 0 amide bonds. The molecule has 1 aliphatic rings. The van der Waals surface area contributed by atoms with Gasteiger partial charge in [0.2, 0.25) is 0 Å². The molecular formula is C16H16N2O2S. The first kappa shape index (κ1) is 13.9. The van der Waals surface area contributed by atoms with E-state index in [1.54, 1.807) is 7.11 Å². The van der Waals surface area contributed by atoms with Gasteiger partial charge in [0, 0.05) is 11.5 Å². The summed E-state index contributed by atoms with van der Waals surface area (Å²) in [5.74, 6) is 1.90. The summed E-state index contributed by atoms with van der Waals surface area (Å²) in [4.78, 5) is 5.40. The number of benzene rings is 1. The van der Waals surface area contributed by atoms with Crippen LogP contribution in [0.25, 0.3) is 10.6 Å². The highest BCUT2D eigenvalue weighted by Crippen LogP contribution is 2.44. The first-order valence-corrected chi connectivity index (χ1v) is 7.80. The lowest BCUT2D eigenvalue weighted by molar-refractivity contribution is 0.311. The van der Waals surface area contributed by atoms with Gasteiger partial charge in [-0.15, -0.1) is 11.3 Å². The Morgan fingerprint density at radius 2 is 2.19 bits per heavy atom. The lowest BCUT2D eigenvalue weighted by Crippen LogP contribution is -1.95. The van der Waals surface area contributed by atoms with Crippen molar-refractivity contribution in [2.75, 3.05) is 13.7 Å². The predicted octanol–water partition coefficient (Wildman–Crippen LogP) is 3.97. The number of hydrogen-bond acceptors (Lipinski definition) is 5. The number of nitriles is 1. The highest BCUT2D eigenvalue weighted by Gasteiger charge is 2.30. The van der Waals surface area contributed by atoms with Gasteiger partial charge in [0.1, 0.15) is 16.0 Å². The van der Waals surface area contributed by atoms with E-state index in [9.17, 15) is 5.26 Å². The third-order valence-electron chi connectivity index (χ3n) is 3.43. The van der Waals surface area contributed by atoms with Crippen molar-refractivity contribution in [1.82, 2.24) is 4.98 Å². The largest absolute Gasteiger partial charge is 0.493 e. The zero-order valence-corrected chi connectivity index (χ0v) is 12.9. The minimum absolute atomic E-state index is 0.481. The Bertz CT molecular complexity index is 699. The monoisotopic (exact) mass is 300 g/mol. The highest BCUT2D eigenvalue weighted by molar-refractivity contribution is 7.15. The van der Waals surface area contributed by atoms with E-state index in [0.717, 1.165) is 39.7 Å². The smallest absolute Gasteiger partial charge is 0.161 e. The van der Waals surface area contributed by atoms with E-state index >= 15 is 0 Å². The van der Waals surface area contributed by atoms with E-state index in [0.29, 0.717) is 18.3 Å². The number of hydrogen-bond donors (Lipinski definition) is 0. The standard InChI is InChI=1S/C16H16N2O2S/c1-3-20-12-7-6-11(8-13(12)19-2)16-18-15(10-4-5-10)14(9-17)21-16/h6-8,10H,3-5H2,1-2H3. The maximum Gasteiger partial charge on any atom is 0.161 e. The summed E-state index contributed by atoms with van der Waals surface area (Å²) in [5.41, 5.74) is 1.93. The van der Waals surface area contributed by atoms with Crippen LogP contribution >= 0.6 is 11.3 Å². The minimum atomic E-state index is 0.481. The number of aromatic nitrogens is 1. The second-order valence-electron chi connectivity index (χ2n) is 4.92. The summed E-state index contributed by atoms with van der Waals surface area (Å²) in [5, 5.41) is 10.1. The van der Waals surface area contributed by atoms with Crippen LogP contribution in [-0.4, -0.2) is 18.7 Å². The van der Waals surface area contributed by atoms with E-state index in [1.165, 1.54) is 11.3 Å². The van der Waals surface area contributed by atoms with Gasteiger partial charge in [0.05, 0.1) is 19.4 Å². The lowest BCUT2D eigenvalue weighted by atomic mass is 10.2. The number of methoxy groups -OCH3 is 1. The molecule has 1 aliphatic carbocycles. The van der Waals surface area contributed by atoms with Gasteiger partial charge >= 0.3 is 0 Å². The average molecular weight is 300 g/mol. The molecule has 2 aromatic rings. The molecule has 1 saturated carbocycles. The Balaban J connectivity index is 1.98. The van der Waals surface area contributed by atoms with Crippen LogP contribution in [0.2, 0.25) is 0 Å². The van der Waals surface area contributed by atoms with Crippen molar-refractivity contribution in [3.8, 4) is 28.1 Å². The van der Waals surface area contributed by atoms with Crippen molar-refractivity contribution >= 4 is 11.3 Å². The Kier molecular flexibility index (Phi) is 3.80. The van der Waals surface area contributed by atoms with Crippen LogP contribution in [-0.2, 0) is 0 Å². The Labute approximate surface area is 128 Å². The van der Waals surface area contributed by atoms with E-state index in [-0.39, 0.29) is 0 Å². The molecule has 1 heterocycles. The van der Waals surface area contributed by atoms with Crippen molar-refractivity contribution in [3.63, 3.8) is 0 Å². The minimum Gasteiger partial charge on any atom is -0.493 e. The molecule has 1 aromatic carbocycles. The molecule has 0 N–H and O–H groups in total. The zero-order chi connectivity index (χ0) is 14.8. The van der Waals surface area contributed by atoms with Crippen LogP contribution in [0, 0.1) is 11.3 Å². The summed E-state index contributed by atoms with van der Waals surface area (Å²) in [7, 11) is 1.62. The van der Waals surface area contributed by atoms with Crippen molar-refractivity contribution < 1.29 is 9.47 Å². The molecule has 0 bridgehead atoms. The maximum absolute atomic E-state index is 9.25. The predicted molar refractivity (Wildman–Crippen MR) is 82.0 cm³/mol. The molecule has 0 unspecified atom stereocenters. The van der Waals surface area contributed by atoms with Gasteiger partial charge in [-0.25, -0.2) is 4.98 Å². The molecule has 108 valence electrons. The molecule has 0 saturated heterocycles. The van der Waals surface area contributed by atoms with Gasteiger partial charge in [-0.1, -0.05) is 0 Å². The number of nitrogens with zero attached hydrogens (tertiary/aromatic N) is 2. The van der Waals surface area contributed by atoms with Gasteiger partial charge < -0.3 is 9.47 Å². The highest BCUT2D eigenvalue weighted by atomic mass is 32.1. The van der Waals surface area contributed by atoms with Crippen molar-refractivity contribution in [2.45, 2.75) is 25.7 Å². The SMILES string of the molecule is CCOc1ccc(-c2nc(C3CC3)c(C#N)s2)cc1OC. The summed E-state index contributed by atoms with van der Waals surface area (Å²) in [6, 6.07) is 8.04. The third-order valence-corrected chi connectivity index (χ3v) is 4.45. The molecule has 5 heteroatoms.